The number of hydrogen-bond donors (Lipinski definition) is 0. The van der Waals surface area contributed by atoms with Crippen molar-refractivity contribution in [3.63, 3.8) is 0 Å². The standard InChI is InChI=1S/C17H24PS/c1-17(2,3)16-15(14-10-6-4-7-11-14)18(16)19-12-8-5-9-13-19/h4,6-7,10-11H,5,8-9,12-13H2,1-3H3/q+1. The molecule has 0 nitrogen and oxygen atoms in total. The molecule has 19 heavy (non-hydrogen) atoms. The van der Waals surface area contributed by atoms with Gasteiger partial charge in [-0.2, -0.15) is 0 Å². The van der Waals surface area contributed by atoms with Crippen LogP contribution in [-0.4, -0.2) is 11.5 Å². The molecular weight excluding hydrogens is 267 g/mol. The van der Waals surface area contributed by atoms with Crippen LogP contribution in [0.2, 0.25) is 0 Å². The minimum Gasteiger partial charge on any atom is -0.0622 e. The van der Waals surface area contributed by atoms with E-state index < -0.39 is 0 Å². The van der Waals surface area contributed by atoms with Crippen molar-refractivity contribution in [1.29, 1.82) is 0 Å². The van der Waals surface area contributed by atoms with Gasteiger partial charge in [0, 0.05) is 21.1 Å². The highest BCUT2D eigenvalue weighted by molar-refractivity contribution is 8.60. The van der Waals surface area contributed by atoms with Gasteiger partial charge in [0.05, 0.1) is 0 Å². The van der Waals surface area contributed by atoms with Gasteiger partial charge >= 0.3 is 0 Å². The van der Waals surface area contributed by atoms with Crippen molar-refractivity contribution < 1.29 is 0 Å². The molecule has 0 radical (unpaired) electrons. The predicted octanol–water partition coefficient (Wildman–Crippen LogP) is 5.61. The van der Waals surface area contributed by atoms with Gasteiger partial charge in [-0.1, -0.05) is 51.1 Å². The van der Waals surface area contributed by atoms with E-state index in [-0.39, 0.29) is 7.12 Å². The maximum atomic E-state index is 2.40. The summed E-state index contributed by atoms with van der Waals surface area (Å²) in [7, 11) is 0.800. The van der Waals surface area contributed by atoms with E-state index in [0.29, 0.717) is 15.9 Å². The third-order valence-corrected chi connectivity index (χ3v) is 11.6. The summed E-state index contributed by atoms with van der Waals surface area (Å²) in [6.45, 7) is 7.21. The van der Waals surface area contributed by atoms with E-state index in [1.54, 1.807) is 5.31 Å². The average Bonchev–Trinajstić information content (AvgIpc) is 3.16. The third kappa shape index (κ3) is 2.78. The Balaban J connectivity index is 1.87. The summed E-state index contributed by atoms with van der Waals surface area (Å²) >= 11 is 0. The molecule has 1 atom stereocenters. The lowest BCUT2D eigenvalue weighted by molar-refractivity contribution is 0.540. The fraction of sp³-hybridized carbons (Fsp3) is 0.529. The van der Waals surface area contributed by atoms with E-state index >= 15 is 0 Å². The van der Waals surface area contributed by atoms with Crippen molar-refractivity contribution in [2.45, 2.75) is 40.0 Å². The summed E-state index contributed by atoms with van der Waals surface area (Å²) in [5, 5.41) is 3.58. The first kappa shape index (κ1) is 13.7. The quantitative estimate of drug-likeness (QED) is 0.490. The molecule has 1 fully saturated rings. The molecule has 2 aliphatic heterocycles. The zero-order chi connectivity index (χ0) is 13.5. The van der Waals surface area contributed by atoms with Gasteiger partial charge in [0.25, 0.3) is 0 Å². The van der Waals surface area contributed by atoms with Gasteiger partial charge < -0.3 is 0 Å². The highest BCUT2D eigenvalue weighted by Crippen LogP contribution is 2.82. The Morgan fingerprint density at radius 2 is 1.58 bits per heavy atom. The summed E-state index contributed by atoms with van der Waals surface area (Å²) in [6, 6.07) is 11.2. The summed E-state index contributed by atoms with van der Waals surface area (Å²) in [5.74, 6) is 3.00. The van der Waals surface area contributed by atoms with E-state index in [9.17, 15) is 0 Å². The van der Waals surface area contributed by atoms with E-state index in [1.807, 2.05) is 5.31 Å². The highest BCUT2D eigenvalue weighted by atomic mass is 32.8. The third-order valence-electron chi connectivity index (χ3n) is 3.86. The van der Waals surface area contributed by atoms with Crippen molar-refractivity contribution in [2.75, 3.05) is 11.5 Å². The van der Waals surface area contributed by atoms with Crippen LogP contribution in [-0.2, 0) is 10.5 Å². The highest BCUT2D eigenvalue weighted by Gasteiger charge is 2.55. The van der Waals surface area contributed by atoms with Crippen LogP contribution in [0.15, 0.2) is 35.6 Å². The molecule has 1 saturated heterocycles. The second kappa shape index (κ2) is 5.26. The SMILES string of the molecule is CC(C)(C)C1=C(c2ccccc2)P1[S+]1CCCCC1. The summed E-state index contributed by atoms with van der Waals surface area (Å²) in [5.41, 5.74) is 1.89. The Bertz CT molecular complexity index is 478. The molecule has 0 aromatic heterocycles. The van der Waals surface area contributed by atoms with Crippen LogP contribution in [0.5, 0.6) is 0 Å². The van der Waals surface area contributed by atoms with Crippen molar-refractivity contribution in [3.8, 4) is 0 Å². The largest absolute Gasteiger partial charge is 0.184 e. The second-order valence-electron chi connectivity index (χ2n) is 6.54. The van der Waals surface area contributed by atoms with Crippen LogP contribution in [0.25, 0.3) is 5.31 Å². The predicted molar refractivity (Wildman–Crippen MR) is 90.7 cm³/mol. The van der Waals surface area contributed by atoms with E-state index in [1.165, 1.54) is 36.3 Å². The lowest BCUT2D eigenvalue weighted by Gasteiger charge is -2.18. The monoisotopic (exact) mass is 291 g/mol. The molecule has 0 aliphatic carbocycles. The van der Waals surface area contributed by atoms with Crippen LogP contribution in [0.1, 0.15) is 45.6 Å². The first-order valence-electron chi connectivity index (χ1n) is 7.37. The van der Waals surface area contributed by atoms with Gasteiger partial charge in [0.15, 0.2) is 7.12 Å². The van der Waals surface area contributed by atoms with Crippen LogP contribution in [0.3, 0.4) is 0 Å². The summed E-state index contributed by atoms with van der Waals surface area (Å²) in [6.07, 6.45) is 4.42. The minimum atomic E-state index is 0.101. The maximum Gasteiger partial charge on any atom is 0.184 e. The molecule has 3 rings (SSSR count). The Morgan fingerprint density at radius 3 is 2.16 bits per heavy atom. The molecule has 0 saturated carbocycles. The molecule has 1 aromatic carbocycles. The molecule has 2 heterocycles. The van der Waals surface area contributed by atoms with Crippen LogP contribution >= 0.6 is 7.12 Å². The Morgan fingerprint density at radius 1 is 0.947 bits per heavy atom. The molecule has 0 N–H and O–H groups in total. The zero-order valence-electron chi connectivity index (χ0n) is 12.3. The smallest absolute Gasteiger partial charge is 0.0622 e. The Hall–Kier alpha value is -0.260. The van der Waals surface area contributed by atoms with Crippen molar-refractivity contribution in [1.82, 2.24) is 0 Å². The van der Waals surface area contributed by atoms with Gasteiger partial charge in [-0.05, 0) is 30.2 Å². The van der Waals surface area contributed by atoms with E-state index in [2.05, 4.69) is 51.1 Å². The second-order valence-corrected chi connectivity index (χ2v) is 12.4. The molecule has 2 aliphatic rings. The molecular formula is C17H24PS+. The lowest BCUT2D eigenvalue weighted by Crippen LogP contribution is -2.14. The Labute approximate surface area is 121 Å². The van der Waals surface area contributed by atoms with Gasteiger partial charge in [-0.3, -0.25) is 0 Å². The molecule has 0 bridgehead atoms. The Kier molecular flexibility index (Phi) is 3.80. The van der Waals surface area contributed by atoms with Gasteiger partial charge in [-0.15, -0.1) is 0 Å². The number of allylic oxidation sites excluding steroid dienone is 1. The molecule has 0 spiro atoms. The first-order chi connectivity index (χ1) is 9.09. The first-order valence-corrected chi connectivity index (χ1v) is 10.9. The molecule has 2 heteroatoms. The normalized spacial score (nSPS) is 24.7. The van der Waals surface area contributed by atoms with E-state index in [0.717, 1.165) is 0 Å². The van der Waals surface area contributed by atoms with Crippen molar-refractivity contribution >= 4 is 23.0 Å². The van der Waals surface area contributed by atoms with Gasteiger partial charge in [0.2, 0.25) is 0 Å². The van der Waals surface area contributed by atoms with Gasteiger partial charge in [-0.25, -0.2) is 0 Å². The minimum absolute atomic E-state index is 0.101. The van der Waals surface area contributed by atoms with Crippen LogP contribution in [0.4, 0.5) is 0 Å². The van der Waals surface area contributed by atoms with Crippen molar-refractivity contribution in [3.05, 3.63) is 41.2 Å². The molecule has 1 aromatic rings. The fourth-order valence-corrected chi connectivity index (χ4v) is 12.2. The molecule has 1 unspecified atom stereocenters. The average molecular weight is 291 g/mol. The molecule has 0 amide bonds. The topological polar surface area (TPSA) is 0 Å². The maximum absolute atomic E-state index is 2.40. The lowest BCUT2D eigenvalue weighted by atomic mass is 9.95. The van der Waals surface area contributed by atoms with E-state index in [4.69, 9.17) is 0 Å². The van der Waals surface area contributed by atoms with Crippen LogP contribution < -0.4 is 0 Å². The number of hydrogen-bond acceptors (Lipinski definition) is 0. The van der Waals surface area contributed by atoms with Crippen molar-refractivity contribution in [2.24, 2.45) is 5.41 Å². The number of rotatable bonds is 2. The summed E-state index contributed by atoms with van der Waals surface area (Å²) in [4.78, 5) is 0. The van der Waals surface area contributed by atoms with Gasteiger partial charge in [0.1, 0.15) is 11.5 Å². The number of benzene rings is 1. The molecule has 102 valence electrons. The zero-order valence-corrected chi connectivity index (χ0v) is 14.0. The fourth-order valence-electron chi connectivity index (χ4n) is 2.92. The van der Waals surface area contributed by atoms with Crippen LogP contribution in [0, 0.1) is 5.41 Å². The summed E-state index contributed by atoms with van der Waals surface area (Å²) < 4.78 is 0.